The van der Waals surface area contributed by atoms with Crippen molar-refractivity contribution in [2.75, 3.05) is 39.3 Å². The highest BCUT2D eigenvalue weighted by Crippen LogP contribution is 2.36. The van der Waals surface area contributed by atoms with Crippen LogP contribution in [0, 0.1) is 5.41 Å². The number of nitrogens with one attached hydrogen (secondary N) is 2. The SMILES string of the molecule is CCNC(=NCCOc1ncccc1Cl)N1CCCC2(CNC(=O)C2)C1. The molecule has 142 valence electrons. The first-order valence-electron chi connectivity index (χ1n) is 9.15. The van der Waals surface area contributed by atoms with Gasteiger partial charge in [-0.1, -0.05) is 11.6 Å². The lowest BCUT2D eigenvalue weighted by atomic mass is 9.79. The van der Waals surface area contributed by atoms with E-state index in [1.165, 1.54) is 0 Å². The van der Waals surface area contributed by atoms with Crippen molar-refractivity contribution in [3.8, 4) is 5.88 Å². The largest absolute Gasteiger partial charge is 0.475 e. The van der Waals surface area contributed by atoms with E-state index in [9.17, 15) is 4.79 Å². The van der Waals surface area contributed by atoms with E-state index in [4.69, 9.17) is 16.3 Å². The van der Waals surface area contributed by atoms with Crippen LogP contribution in [-0.4, -0.2) is 61.1 Å². The van der Waals surface area contributed by atoms with Gasteiger partial charge in [-0.2, -0.15) is 0 Å². The standard InChI is InChI=1S/C18H26ClN5O2/c1-2-20-17(22-8-10-26-16-14(19)5-3-7-21-16)24-9-4-6-18(13-24)11-15(25)23-12-18/h3,5,7H,2,4,6,8-13H2,1H3,(H,20,22)(H,23,25). The van der Waals surface area contributed by atoms with Gasteiger partial charge in [0.25, 0.3) is 0 Å². The summed E-state index contributed by atoms with van der Waals surface area (Å²) >= 11 is 6.04. The number of ether oxygens (including phenoxy) is 1. The smallest absolute Gasteiger partial charge is 0.232 e. The lowest BCUT2D eigenvalue weighted by Crippen LogP contribution is -2.51. The predicted octanol–water partition coefficient (Wildman–Crippen LogP) is 1.68. The van der Waals surface area contributed by atoms with E-state index in [2.05, 4.69) is 32.4 Å². The Kier molecular flexibility index (Phi) is 6.19. The van der Waals surface area contributed by atoms with Crippen LogP contribution in [0.3, 0.4) is 0 Å². The topological polar surface area (TPSA) is 78.9 Å². The van der Waals surface area contributed by atoms with E-state index >= 15 is 0 Å². The Morgan fingerprint density at radius 1 is 1.58 bits per heavy atom. The summed E-state index contributed by atoms with van der Waals surface area (Å²) in [5.74, 6) is 1.47. The summed E-state index contributed by atoms with van der Waals surface area (Å²) in [4.78, 5) is 22.7. The predicted molar refractivity (Wildman–Crippen MR) is 102 cm³/mol. The number of rotatable bonds is 5. The van der Waals surface area contributed by atoms with Crippen LogP contribution in [0.25, 0.3) is 0 Å². The number of carbonyl (C=O) groups excluding carboxylic acids is 1. The quantitative estimate of drug-likeness (QED) is 0.462. The lowest BCUT2D eigenvalue weighted by molar-refractivity contribution is -0.119. The normalized spacial score (nSPS) is 23.2. The molecule has 1 aromatic heterocycles. The third-order valence-corrected chi connectivity index (χ3v) is 5.10. The molecule has 0 aromatic carbocycles. The van der Waals surface area contributed by atoms with Crippen molar-refractivity contribution in [3.63, 3.8) is 0 Å². The fourth-order valence-electron chi connectivity index (χ4n) is 3.63. The zero-order valence-corrected chi connectivity index (χ0v) is 15.9. The summed E-state index contributed by atoms with van der Waals surface area (Å²) in [5, 5.41) is 6.84. The zero-order valence-electron chi connectivity index (χ0n) is 15.1. The molecule has 0 aliphatic carbocycles. The Bertz CT molecular complexity index is 669. The number of likely N-dealkylation sites (tertiary alicyclic amines) is 1. The van der Waals surface area contributed by atoms with E-state index in [0.717, 1.165) is 45.0 Å². The number of carbonyl (C=O) groups is 1. The van der Waals surface area contributed by atoms with Crippen LogP contribution in [0.1, 0.15) is 26.2 Å². The van der Waals surface area contributed by atoms with Crippen molar-refractivity contribution in [1.82, 2.24) is 20.5 Å². The number of hydrogen-bond acceptors (Lipinski definition) is 4. The molecule has 1 amide bonds. The Balaban J connectivity index is 1.58. The highest BCUT2D eigenvalue weighted by molar-refractivity contribution is 6.31. The second-order valence-electron chi connectivity index (χ2n) is 6.85. The maximum Gasteiger partial charge on any atom is 0.232 e. The Morgan fingerprint density at radius 3 is 3.19 bits per heavy atom. The number of pyridine rings is 1. The fraction of sp³-hybridized carbons (Fsp3) is 0.611. The van der Waals surface area contributed by atoms with Crippen LogP contribution >= 0.6 is 11.6 Å². The van der Waals surface area contributed by atoms with Crippen LogP contribution < -0.4 is 15.4 Å². The summed E-state index contributed by atoms with van der Waals surface area (Å²) in [6, 6.07) is 3.52. The highest BCUT2D eigenvalue weighted by atomic mass is 35.5. The third-order valence-electron chi connectivity index (χ3n) is 4.81. The van der Waals surface area contributed by atoms with Crippen molar-refractivity contribution >= 4 is 23.5 Å². The number of piperidine rings is 1. The first-order chi connectivity index (χ1) is 12.6. The Hall–Kier alpha value is -2.02. The molecule has 1 atom stereocenters. The van der Waals surface area contributed by atoms with Gasteiger partial charge in [0, 0.05) is 44.2 Å². The average molecular weight is 380 g/mol. The summed E-state index contributed by atoms with van der Waals surface area (Å²) < 4.78 is 5.61. The van der Waals surface area contributed by atoms with E-state index in [0.29, 0.717) is 30.5 Å². The van der Waals surface area contributed by atoms with Gasteiger partial charge in [-0.05, 0) is 31.9 Å². The maximum absolute atomic E-state index is 11.7. The van der Waals surface area contributed by atoms with Crippen molar-refractivity contribution in [2.24, 2.45) is 10.4 Å². The van der Waals surface area contributed by atoms with Crippen molar-refractivity contribution in [2.45, 2.75) is 26.2 Å². The van der Waals surface area contributed by atoms with E-state index in [1.54, 1.807) is 18.3 Å². The monoisotopic (exact) mass is 379 g/mol. The molecule has 0 saturated carbocycles. The molecule has 8 heteroatoms. The molecule has 7 nitrogen and oxygen atoms in total. The maximum atomic E-state index is 11.7. The Morgan fingerprint density at radius 2 is 2.46 bits per heavy atom. The van der Waals surface area contributed by atoms with Gasteiger partial charge < -0.3 is 20.3 Å². The molecule has 0 radical (unpaired) electrons. The van der Waals surface area contributed by atoms with Gasteiger partial charge in [0.05, 0.1) is 6.54 Å². The molecule has 2 saturated heterocycles. The summed E-state index contributed by atoms with van der Waals surface area (Å²) in [6.07, 6.45) is 4.42. The summed E-state index contributed by atoms with van der Waals surface area (Å²) in [6.45, 7) is 6.34. The van der Waals surface area contributed by atoms with Gasteiger partial charge in [0.1, 0.15) is 11.6 Å². The van der Waals surface area contributed by atoms with Crippen LogP contribution in [0.4, 0.5) is 0 Å². The number of amides is 1. The Labute approximate surface area is 159 Å². The second kappa shape index (κ2) is 8.58. The number of nitrogens with zero attached hydrogens (tertiary/aromatic N) is 3. The molecule has 2 aliphatic rings. The molecule has 3 heterocycles. The van der Waals surface area contributed by atoms with E-state index in [-0.39, 0.29) is 11.3 Å². The van der Waals surface area contributed by atoms with Crippen LogP contribution in [0.2, 0.25) is 5.02 Å². The number of aliphatic imine (C=N–C) groups is 1. The second-order valence-corrected chi connectivity index (χ2v) is 7.26. The van der Waals surface area contributed by atoms with Gasteiger partial charge in [-0.15, -0.1) is 0 Å². The molecular weight excluding hydrogens is 354 g/mol. The number of hydrogen-bond donors (Lipinski definition) is 2. The van der Waals surface area contributed by atoms with Crippen molar-refractivity contribution in [3.05, 3.63) is 23.4 Å². The minimum absolute atomic E-state index is 0.0451. The molecule has 2 fully saturated rings. The zero-order chi connectivity index (χ0) is 18.4. The first-order valence-corrected chi connectivity index (χ1v) is 9.53. The summed E-state index contributed by atoms with van der Waals surface area (Å²) in [7, 11) is 0. The summed E-state index contributed by atoms with van der Waals surface area (Å²) in [5.41, 5.74) is 0.0451. The molecule has 2 N–H and O–H groups in total. The van der Waals surface area contributed by atoms with Crippen molar-refractivity contribution < 1.29 is 9.53 Å². The number of halogens is 1. The average Bonchev–Trinajstić information content (AvgIpc) is 2.99. The first kappa shape index (κ1) is 18.8. The fourth-order valence-corrected chi connectivity index (χ4v) is 3.80. The van der Waals surface area contributed by atoms with E-state index < -0.39 is 0 Å². The van der Waals surface area contributed by atoms with Gasteiger partial charge >= 0.3 is 0 Å². The molecule has 0 bridgehead atoms. The van der Waals surface area contributed by atoms with Gasteiger partial charge in [0.2, 0.25) is 11.8 Å². The van der Waals surface area contributed by atoms with Gasteiger partial charge in [0.15, 0.2) is 5.96 Å². The van der Waals surface area contributed by atoms with E-state index in [1.807, 2.05) is 0 Å². The van der Waals surface area contributed by atoms with Crippen LogP contribution in [-0.2, 0) is 4.79 Å². The molecule has 1 spiro atoms. The molecule has 3 rings (SSSR count). The minimum Gasteiger partial charge on any atom is -0.475 e. The minimum atomic E-state index is 0.0451. The number of aromatic nitrogens is 1. The lowest BCUT2D eigenvalue weighted by Gasteiger charge is -2.40. The van der Waals surface area contributed by atoms with Gasteiger partial charge in [-0.25, -0.2) is 9.98 Å². The van der Waals surface area contributed by atoms with Crippen LogP contribution in [0.5, 0.6) is 5.88 Å². The molecule has 1 unspecified atom stereocenters. The van der Waals surface area contributed by atoms with Crippen molar-refractivity contribution in [1.29, 1.82) is 0 Å². The van der Waals surface area contributed by atoms with Crippen LogP contribution in [0.15, 0.2) is 23.3 Å². The molecule has 2 aliphatic heterocycles. The van der Waals surface area contributed by atoms with Gasteiger partial charge in [-0.3, -0.25) is 4.79 Å². The molecule has 1 aromatic rings. The third kappa shape index (κ3) is 4.58. The highest BCUT2D eigenvalue weighted by Gasteiger charge is 2.42. The number of guanidine groups is 1. The molecular formula is C18H26ClN5O2. The molecule has 26 heavy (non-hydrogen) atoms.